The number of anilines is 1. The van der Waals surface area contributed by atoms with Crippen LogP contribution in [0.3, 0.4) is 0 Å². The van der Waals surface area contributed by atoms with E-state index in [2.05, 4.69) is 5.32 Å². The summed E-state index contributed by atoms with van der Waals surface area (Å²) in [6.07, 6.45) is 2.79. The van der Waals surface area contributed by atoms with Crippen LogP contribution in [0.5, 0.6) is 0 Å². The fourth-order valence-corrected chi connectivity index (χ4v) is 3.76. The Kier molecular flexibility index (Phi) is 4.95. The highest BCUT2D eigenvalue weighted by Gasteiger charge is 2.22. The van der Waals surface area contributed by atoms with Crippen molar-refractivity contribution in [2.75, 3.05) is 5.32 Å². The monoisotopic (exact) mass is 390 g/mol. The van der Waals surface area contributed by atoms with Gasteiger partial charge in [0.25, 0.3) is 5.91 Å². The summed E-state index contributed by atoms with van der Waals surface area (Å²) < 4.78 is 7.27. The van der Waals surface area contributed by atoms with Gasteiger partial charge in [-0.15, -0.1) is 11.3 Å². The third kappa shape index (κ3) is 3.54. The number of fused-ring (bicyclic) bond motifs is 1. The fourth-order valence-electron chi connectivity index (χ4n) is 2.99. The molecule has 6 heteroatoms. The number of nitrogens with one attached hydrogen (secondary N) is 1. The van der Waals surface area contributed by atoms with Crippen molar-refractivity contribution in [2.45, 2.75) is 13.0 Å². The van der Waals surface area contributed by atoms with Gasteiger partial charge in [0.05, 0.1) is 5.69 Å². The molecule has 0 aliphatic heterocycles. The van der Waals surface area contributed by atoms with Crippen LogP contribution in [0, 0.1) is 0 Å². The van der Waals surface area contributed by atoms with Gasteiger partial charge >= 0.3 is 5.97 Å². The molecule has 1 unspecified atom stereocenters. The molecule has 0 saturated carbocycles. The van der Waals surface area contributed by atoms with Gasteiger partial charge in [-0.1, -0.05) is 36.4 Å². The number of thiophene rings is 1. The summed E-state index contributed by atoms with van der Waals surface area (Å²) in [4.78, 5) is 25.6. The molecular formula is C22H18N2O3S. The van der Waals surface area contributed by atoms with E-state index in [0.29, 0.717) is 10.6 Å². The summed E-state index contributed by atoms with van der Waals surface area (Å²) in [7, 11) is 0. The maximum Gasteiger partial charge on any atom is 0.351 e. The number of ether oxygens (including phenoxy) is 1. The molecule has 0 aliphatic rings. The van der Waals surface area contributed by atoms with Crippen LogP contribution in [-0.4, -0.2) is 22.5 Å². The topological polar surface area (TPSA) is 60.3 Å². The summed E-state index contributed by atoms with van der Waals surface area (Å²) in [5, 5.41) is 6.65. The van der Waals surface area contributed by atoms with E-state index in [9.17, 15) is 9.59 Å². The molecule has 0 bridgehead atoms. The van der Waals surface area contributed by atoms with Crippen molar-refractivity contribution in [1.82, 2.24) is 4.57 Å². The number of carbonyl (C=O) groups excluding carboxylic acids is 2. The maximum absolute atomic E-state index is 12.6. The Morgan fingerprint density at radius 3 is 2.57 bits per heavy atom. The lowest BCUT2D eigenvalue weighted by Crippen LogP contribution is -2.30. The Bertz CT molecular complexity index is 1130. The van der Waals surface area contributed by atoms with Crippen molar-refractivity contribution in [2.24, 2.45) is 0 Å². The number of benzene rings is 2. The summed E-state index contributed by atoms with van der Waals surface area (Å²) in [5.74, 6) is -0.886. The Hall–Kier alpha value is -3.38. The van der Waals surface area contributed by atoms with Crippen molar-refractivity contribution < 1.29 is 14.3 Å². The molecule has 2 aromatic heterocycles. The van der Waals surface area contributed by atoms with Gasteiger partial charge in [-0.2, -0.15) is 0 Å². The molecule has 0 radical (unpaired) electrons. The van der Waals surface area contributed by atoms with Crippen LogP contribution in [0.25, 0.3) is 16.5 Å². The summed E-state index contributed by atoms with van der Waals surface area (Å²) >= 11 is 1.29. The standard InChI is InChI=1S/C22H18N2O3S/c1-15(21(25)23-18-10-6-8-16-7-2-3-9-17(16)18)27-22(26)20-19(11-14-28-20)24-12-4-5-13-24/h2-15H,1H3,(H,23,25). The number of hydrogen-bond donors (Lipinski definition) is 1. The normalized spacial score (nSPS) is 11.9. The van der Waals surface area contributed by atoms with Gasteiger partial charge in [0.1, 0.15) is 4.88 Å². The second-order valence-corrected chi connectivity index (χ2v) is 7.20. The Balaban J connectivity index is 1.48. The average Bonchev–Trinajstić information content (AvgIpc) is 3.39. The van der Waals surface area contributed by atoms with E-state index in [1.165, 1.54) is 11.3 Å². The minimum atomic E-state index is -0.925. The van der Waals surface area contributed by atoms with E-state index in [4.69, 9.17) is 4.74 Å². The van der Waals surface area contributed by atoms with Gasteiger partial charge in [0.15, 0.2) is 6.10 Å². The first-order chi connectivity index (χ1) is 13.6. The molecule has 1 amide bonds. The van der Waals surface area contributed by atoms with Gasteiger partial charge in [0, 0.05) is 23.5 Å². The largest absolute Gasteiger partial charge is 0.448 e. The van der Waals surface area contributed by atoms with E-state index < -0.39 is 12.1 Å². The SMILES string of the molecule is CC(OC(=O)c1sccc1-n1cccc1)C(=O)Nc1cccc2ccccc12. The minimum absolute atomic E-state index is 0.372. The van der Waals surface area contributed by atoms with E-state index >= 15 is 0 Å². The highest BCUT2D eigenvalue weighted by Crippen LogP contribution is 2.25. The molecule has 0 aliphatic carbocycles. The molecule has 4 aromatic rings. The summed E-state index contributed by atoms with van der Waals surface area (Å²) in [5.41, 5.74) is 1.43. The molecule has 0 spiro atoms. The third-order valence-electron chi connectivity index (χ3n) is 4.41. The molecule has 1 atom stereocenters. The quantitative estimate of drug-likeness (QED) is 0.494. The van der Waals surface area contributed by atoms with Gasteiger partial charge in [0.2, 0.25) is 0 Å². The lowest BCUT2D eigenvalue weighted by atomic mass is 10.1. The number of aromatic nitrogens is 1. The zero-order valence-electron chi connectivity index (χ0n) is 15.2. The van der Waals surface area contributed by atoms with Crippen LogP contribution in [-0.2, 0) is 9.53 Å². The maximum atomic E-state index is 12.6. The van der Waals surface area contributed by atoms with E-state index in [-0.39, 0.29) is 5.91 Å². The minimum Gasteiger partial charge on any atom is -0.448 e. The number of carbonyl (C=O) groups is 2. The zero-order valence-corrected chi connectivity index (χ0v) is 16.0. The Morgan fingerprint density at radius 2 is 1.75 bits per heavy atom. The van der Waals surface area contributed by atoms with E-state index in [0.717, 1.165) is 16.5 Å². The second-order valence-electron chi connectivity index (χ2n) is 6.29. The van der Waals surface area contributed by atoms with Gasteiger partial charge < -0.3 is 14.6 Å². The smallest absolute Gasteiger partial charge is 0.351 e. The van der Waals surface area contributed by atoms with Crippen molar-refractivity contribution in [3.8, 4) is 5.69 Å². The third-order valence-corrected chi connectivity index (χ3v) is 5.30. The fraction of sp³-hybridized carbons (Fsp3) is 0.0909. The van der Waals surface area contributed by atoms with Crippen molar-refractivity contribution in [1.29, 1.82) is 0 Å². The first-order valence-corrected chi connectivity index (χ1v) is 9.72. The second kappa shape index (κ2) is 7.70. The van der Waals surface area contributed by atoms with Crippen molar-refractivity contribution in [3.63, 3.8) is 0 Å². The summed E-state index contributed by atoms with van der Waals surface area (Å²) in [6, 6.07) is 19.1. The first-order valence-electron chi connectivity index (χ1n) is 8.84. The van der Waals surface area contributed by atoms with Crippen LogP contribution in [0.1, 0.15) is 16.6 Å². The number of nitrogens with zero attached hydrogens (tertiary/aromatic N) is 1. The van der Waals surface area contributed by atoms with Gasteiger partial charge in [-0.25, -0.2) is 4.79 Å². The molecule has 28 heavy (non-hydrogen) atoms. The number of esters is 1. The molecule has 140 valence electrons. The predicted molar refractivity (Wildman–Crippen MR) is 111 cm³/mol. The molecule has 2 heterocycles. The average molecular weight is 390 g/mol. The molecule has 2 aromatic carbocycles. The molecule has 1 N–H and O–H groups in total. The first kappa shape index (κ1) is 18.0. The lowest BCUT2D eigenvalue weighted by Gasteiger charge is -2.15. The van der Waals surface area contributed by atoms with E-state index in [1.807, 2.05) is 83.0 Å². The highest BCUT2D eigenvalue weighted by molar-refractivity contribution is 7.12. The lowest BCUT2D eigenvalue weighted by molar-refractivity contribution is -0.123. The molecular weight excluding hydrogens is 372 g/mol. The predicted octanol–water partition coefficient (Wildman–Crippen LogP) is 4.88. The molecule has 4 rings (SSSR count). The number of hydrogen-bond acceptors (Lipinski definition) is 4. The van der Waals surface area contributed by atoms with Crippen molar-refractivity contribution in [3.05, 3.63) is 83.3 Å². The number of amides is 1. The van der Waals surface area contributed by atoms with Gasteiger partial charge in [-0.05, 0) is 42.0 Å². The summed E-state index contributed by atoms with van der Waals surface area (Å²) in [6.45, 7) is 1.57. The molecule has 0 saturated heterocycles. The van der Waals surface area contributed by atoms with Gasteiger partial charge in [-0.3, -0.25) is 4.79 Å². The van der Waals surface area contributed by atoms with Crippen LogP contribution in [0.2, 0.25) is 0 Å². The van der Waals surface area contributed by atoms with Crippen molar-refractivity contribution >= 4 is 39.7 Å². The van der Waals surface area contributed by atoms with E-state index in [1.54, 1.807) is 6.92 Å². The van der Waals surface area contributed by atoms with Crippen LogP contribution >= 0.6 is 11.3 Å². The molecule has 0 fully saturated rings. The molecule has 5 nitrogen and oxygen atoms in total. The Labute approximate surface area is 166 Å². The van der Waals surface area contributed by atoms with Crippen LogP contribution in [0.4, 0.5) is 5.69 Å². The Morgan fingerprint density at radius 1 is 1.00 bits per heavy atom. The van der Waals surface area contributed by atoms with Crippen LogP contribution in [0.15, 0.2) is 78.4 Å². The zero-order chi connectivity index (χ0) is 19.5. The van der Waals surface area contributed by atoms with Crippen LogP contribution < -0.4 is 5.32 Å². The highest BCUT2D eigenvalue weighted by atomic mass is 32.1. The number of rotatable bonds is 5.